The lowest BCUT2D eigenvalue weighted by Crippen LogP contribution is -2.45. The molecule has 1 atom stereocenters. The lowest BCUT2D eigenvalue weighted by molar-refractivity contribution is 0.451. The minimum absolute atomic E-state index is 0.0485. The number of rotatable bonds is 5. The molecule has 2 aromatic heterocycles. The summed E-state index contributed by atoms with van der Waals surface area (Å²) >= 11 is 1.95. The molecule has 4 rings (SSSR count). The highest BCUT2D eigenvalue weighted by atomic mass is 32.2. The molecule has 0 spiro atoms. The summed E-state index contributed by atoms with van der Waals surface area (Å²) < 4.78 is 1.57. The van der Waals surface area contributed by atoms with Gasteiger partial charge in [0.2, 0.25) is 0 Å². The fourth-order valence-electron chi connectivity index (χ4n) is 3.90. The number of hydrogen-bond acceptors (Lipinski definition) is 7. The molecule has 2 aromatic rings. The maximum Gasteiger partial charge on any atom is 0.267 e. The van der Waals surface area contributed by atoms with Crippen molar-refractivity contribution in [1.82, 2.24) is 20.0 Å². The predicted molar refractivity (Wildman–Crippen MR) is 114 cm³/mol. The van der Waals surface area contributed by atoms with Crippen LogP contribution in [-0.2, 0) is 12.2 Å². The van der Waals surface area contributed by atoms with Gasteiger partial charge in [0.25, 0.3) is 5.56 Å². The molecule has 2 aliphatic heterocycles. The zero-order valence-corrected chi connectivity index (χ0v) is 17.4. The van der Waals surface area contributed by atoms with Crippen molar-refractivity contribution in [2.75, 3.05) is 29.1 Å². The molecular formula is C20H28N6OS. The first-order valence-corrected chi connectivity index (χ1v) is 11.3. The molecule has 1 N–H and O–H groups in total. The highest BCUT2D eigenvalue weighted by Crippen LogP contribution is 2.25. The minimum Gasteiger partial charge on any atom is -0.367 e. The van der Waals surface area contributed by atoms with E-state index in [1.54, 1.807) is 10.7 Å². The van der Waals surface area contributed by atoms with Crippen molar-refractivity contribution in [2.24, 2.45) is 0 Å². The molecule has 28 heavy (non-hydrogen) atoms. The summed E-state index contributed by atoms with van der Waals surface area (Å²) in [6.45, 7) is 5.73. The largest absolute Gasteiger partial charge is 0.367 e. The predicted octanol–water partition coefficient (Wildman–Crippen LogP) is 2.87. The van der Waals surface area contributed by atoms with Crippen LogP contribution in [-0.4, -0.2) is 44.9 Å². The van der Waals surface area contributed by atoms with Crippen LogP contribution in [0.5, 0.6) is 0 Å². The highest BCUT2D eigenvalue weighted by molar-refractivity contribution is 7.98. The minimum atomic E-state index is -0.0485. The number of aryl methyl sites for hydroxylation is 1. The number of thioether (sulfide) groups is 1. The normalized spacial score (nSPS) is 19.5. The monoisotopic (exact) mass is 400 g/mol. The zero-order valence-electron chi connectivity index (χ0n) is 16.6. The molecule has 8 heteroatoms. The fraction of sp³-hybridized carbons (Fsp3) is 0.600. The number of fused-ring (bicyclic) bond motifs is 1. The molecular weight excluding hydrogens is 372 g/mol. The number of nitrogens with zero attached hydrogens (tertiary/aromatic N) is 5. The lowest BCUT2D eigenvalue weighted by Gasteiger charge is -2.37. The van der Waals surface area contributed by atoms with Crippen LogP contribution in [0.1, 0.15) is 50.4 Å². The topological polar surface area (TPSA) is 75.9 Å². The summed E-state index contributed by atoms with van der Waals surface area (Å²) in [6, 6.07) is 6.02. The van der Waals surface area contributed by atoms with Crippen molar-refractivity contribution >= 4 is 23.4 Å². The van der Waals surface area contributed by atoms with Crippen LogP contribution < -0.4 is 15.8 Å². The van der Waals surface area contributed by atoms with E-state index in [0.29, 0.717) is 6.04 Å². The summed E-state index contributed by atoms with van der Waals surface area (Å²) in [6.07, 6.45) is 4.47. The molecule has 0 aromatic carbocycles. The van der Waals surface area contributed by atoms with Crippen molar-refractivity contribution in [3.8, 4) is 0 Å². The Hall–Kier alpha value is -2.09. The first-order valence-electron chi connectivity index (χ1n) is 10.2. The molecule has 4 heterocycles. The van der Waals surface area contributed by atoms with Gasteiger partial charge in [-0.1, -0.05) is 0 Å². The Balaban J connectivity index is 1.49. The van der Waals surface area contributed by atoms with Crippen molar-refractivity contribution in [3.05, 3.63) is 39.8 Å². The van der Waals surface area contributed by atoms with Gasteiger partial charge < -0.3 is 10.2 Å². The van der Waals surface area contributed by atoms with Crippen LogP contribution in [0.15, 0.2) is 23.0 Å². The highest BCUT2D eigenvalue weighted by Gasteiger charge is 2.24. The third kappa shape index (κ3) is 4.16. The summed E-state index contributed by atoms with van der Waals surface area (Å²) in [5.41, 5.74) is 2.40. The Morgan fingerprint density at radius 1 is 1.29 bits per heavy atom. The van der Waals surface area contributed by atoms with E-state index < -0.39 is 0 Å². The van der Waals surface area contributed by atoms with E-state index in [1.165, 1.54) is 12.0 Å². The summed E-state index contributed by atoms with van der Waals surface area (Å²) in [7, 11) is 0. The van der Waals surface area contributed by atoms with Crippen LogP contribution in [0.25, 0.3) is 0 Å². The summed E-state index contributed by atoms with van der Waals surface area (Å²) in [4.78, 5) is 14.4. The first kappa shape index (κ1) is 19.2. The number of hydrogen-bond donors (Lipinski definition) is 1. The van der Waals surface area contributed by atoms with Gasteiger partial charge in [0.05, 0.1) is 11.7 Å². The van der Waals surface area contributed by atoms with Gasteiger partial charge in [0.15, 0.2) is 0 Å². The van der Waals surface area contributed by atoms with E-state index in [4.69, 9.17) is 0 Å². The Morgan fingerprint density at radius 3 is 3.04 bits per heavy atom. The molecule has 0 saturated carbocycles. The smallest absolute Gasteiger partial charge is 0.267 e. The third-order valence-corrected chi connectivity index (χ3v) is 6.45. The Kier molecular flexibility index (Phi) is 5.85. The van der Waals surface area contributed by atoms with Gasteiger partial charge in [-0.2, -0.15) is 22.0 Å². The third-order valence-electron chi connectivity index (χ3n) is 5.44. The standard InChI is InChI=1S/C20H28N6OS/c1-14(2)26-20(27)7-6-19(24-26)25-9-4-3-5-16(25)12-21-18-11-15-13-28-10-8-17(15)22-23-18/h6-7,11,14,16H,3-5,8-10,12-13H2,1-2H3,(H,21,23). The average molecular weight is 401 g/mol. The summed E-state index contributed by atoms with van der Waals surface area (Å²) in [5, 5.41) is 16.9. The number of aromatic nitrogens is 4. The Morgan fingerprint density at radius 2 is 2.18 bits per heavy atom. The summed E-state index contributed by atoms with van der Waals surface area (Å²) in [5.74, 6) is 3.90. The van der Waals surface area contributed by atoms with Crippen molar-refractivity contribution < 1.29 is 0 Å². The second-order valence-corrected chi connectivity index (χ2v) is 8.90. The van der Waals surface area contributed by atoms with Gasteiger partial charge in [-0.05, 0) is 56.6 Å². The van der Waals surface area contributed by atoms with Gasteiger partial charge in [0.1, 0.15) is 11.6 Å². The zero-order chi connectivity index (χ0) is 19.5. The van der Waals surface area contributed by atoms with Crippen LogP contribution in [0.4, 0.5) is 11.6 Å². The van der Waals surface area contributed by atoms with Gasteiger partial charge >= 0.3 is 0 Å². The van der Waals surface area contributed by atoms with E-state index in [2.05, 4.69) is 31.6 Å². The maximum atomic E-state index is 12.1. The van der Waals surface area contributed by atoms with Gasteiger partial charge in [-0.25, -0.2) is 4.68 Å². The van der Waals surface area contributed by atoms with E-state index in [9.17, 15) is 4.79 Å². The van der Waals surface area contributed by atoms with Gasteiger partial charge in [-0.15, -0.1) is 5.10 Å². The van der Waals surface area contributed by atoms with E-state index in [1.807, 2.05) is 31.7 Å². The average Bonchev–Trinajstić information content (AvgIpc) is 2.72. The molecule has 2 aliphatic rings. The fourth-order valence-corrected chi connectivity index (χ4v) is 4.86. The van der Waals surface area contributed by atoms with E-state index >= 15 is 0 Å². The molecule has 0 radical (unpaired) electrons. The maximum absolute atomic E-state index is 12.1. The molecule has 0 bridgehead atoms. The van der Waals surface area contributed by atoms with Crippen LogP contribution in [0, 0.1) is 0 Å². The number of piperidine rings is 1. The van der Waals surface area contributed by atoms with Gasteiger partial charge in [0, 0.05) is 37.4 Å². The van der Waals surface area contributed by atoms with Gasteiger partial charge in [-0.3, -0.25) is 4.79 Å². The number of anilines is 2. The SMILES string of the molecule is CC(C)n1nc(N2CCCCC2CNc2cc3c(nn2)CCSC3)ccc1=O. The number of nitrogens with one attached hydrogen (secondary N) is 1. The molecule has 0 aliphatic carbocycles. The van der Waals surface area contributed by atoms with Crippen LogP contribution in [0.2, 0.25) is 0 Å². The quantitative estimate of drug-likeness (QED) is 0.827. The second kappa shape index (κ2) is 8.51. The van der Waals surface area contributed by atoms with E-state index in [0.717, 1.165) is 61.2 Å². The molecule has 1 saturated heterocycles. The van der Waals surface area contributed by atoms with Crippen molar-refractivity contribution in [2.45, 2.75) is 57.4 Å². The Bertz CT molecular complexity index is 883. The van der Waals surface area contributed by atoms with Crippen LogP contribution in [0.3, 0.4) is 0 Å². The molecule has 150 valence electrons. The first-order chi connectivity index (χ1) is 13.6. The lowest BCUT2D eigenvalue weighted by atomic mass is 10.0. The second-order valence-electron chi connectivity index (χ2n) is 7.80. The van der Waals surface area contributed by atoms with Crippen molar-refractivity contribution in [3.63, 3.8) is 0 Å². The molecule has 7 nitrogen and oxygen atoms in total. The van der Waals surface area contributed by atoms with E-state index in [-0.39, 0.29) is 11.6 Å². The molecule has 1 fully saturated rings. The van der Waals surface area contributed by atoms with Crippen molar-refractivity contribution in [1.29, 1.82) is 0 Å². The molecule has 1 unspecified atom stereocenters. The molecule has 0 amide bonds. The van der Waals surface area contributed by atoms with Crippen LogP contribution >= 0.6 is 11.8 Å². The Labute approximate surface area is 169 Å².